The molecule has 2 aromatic rings. The molecule has 0 spiro atoms. The molecule has 1 aromatic heterocycles. The molecule has 1 saturated heterocycles. The number of hydrogen-bond acceptors (Lipinski definition) is 8. The van der Waals surface area contributed by atoms with Crippen molar-refractivity contribution in [2.45, 2.75) is 23.4 Å². The molecule has 4 rings (SSSR count). The summed E-state index contributed by atoms with van der Waals surface area (Å²) in [6.45, 7) is 2.38. The van der Waals surface area contributed by atoms with Crippen LogP contribution in [0.3, 0.4) is 0 Å². The molecule has 10 heteroatoms. The van der Waals surface area contributed by atoms with Gasteiger partial charge in [-0.1, -0.05) is 42.1 Å². The highest BCUT2D eigenvalue weighted by molar-refractivity contribution is 7.98. The van der Waals surface area contributed by atoms with Crippen LogP contribution in [0.15, 0.2) is 35.5 Å². The van der Waals surface area contributed by atoms with Gasteiger partial charge in [-0.05, 0) is 11.8 Å². The quantitative estimate of drug-likeness (QED) is 0.489. The van der Waals surface area contributed by atoms with Gasteiger partial charge >= 0.3 is 0 Å². The first-order valence-electron chi connectivity index (χ1n) is 8.46. The minimum absolute atomic E-state index is 0.200. The van der Waals surface area contributed by atoms with Crippen LogP contribution >= 0.6 is 11.8 Å². The SMILES string of the molecule is CSc1nc2n(n1)C(N1CCOCC1)C([N+](=O)[O-])C(c1ccccc1)N2. The van der Waals surface area contributed by atoms with Gasteiger partial charge in [0.1, 0.15) is 6.04 Å². The lowest BCUT2D eigenvalue weighted by atomic mass is 9.95. The third-order valence-electron chi connectivity index (χ3n) is 4.80. The molecule has 1 fully saturated rings. The fourth-order valence-corrected chi connectivity index (χ4v) is 3.95. The van der Waals surface area contributed by atoms with Gasteiger partial charge < -0.3 is 10.1 Å². The Morgan fingerprint density at radius 1 is 1.31 bits per heavy atom. The number of anilines is 1. The van der Waals surface area contributed by atoms with E-state index in [2.05, 4.69) is 20.3 Å². The van der Waals surface area contributed by atoms with Gasteiger partial charge in [-0.15, -0.1) is 5.10 Å². The van der Waals surface area contributed by atoms with E-state index in [0.717, 1.165) is 5.56 Å². The topological polar surface area (TPSA) is 98.4 Å². The van der Waals surface area contributed by atoms with Gasteiger partial charge in [0, 0.05) is 18.0 Å². The van der Waals surface area contributed by atoms with Gasteiger partial charge in [0.2, 0.25) is 11.1 Å². The van der Waals surface area contributed by atoms with Crippen LogP contribution < -0.4 is 5.32 Å². The Balaban J connectivity index is 1.81. The summed E-state index contributed by atoms with van der Waals surface area (Å²) in [6, 6.07) is 8.14. The molecular formula is C16H20N6O3S. The summed E-state index contributed by atoms with van der Waals surface area (Å²) in [6.07, 6.45) is 1.38. The molecule has 3 heterocycles. The normalized spacial score (nSPS) is 26.1. The summed E-state index contributed by atoms with van der Waals surface area (Å²) in [5.74, 6) is 0.567. The van der Waals surface area contributed by atoms with Crippen molar-refractivity contribution in [2.24, 2.45) is 0 Å². The van der Waals surface area contributed by atoms with Gasteiger partial charge in [0.05, 0.1) is 13.2 Å². The zero-order valence-electron chi connectivity index (χ0n) is 14.3. The molecule has 2 aliphatic heterocycles. The lowest BCUT2D eigenvalue weighted by molar-refractivity contribution is -0.541. The maximum atomic E-state index is 12.1. The molecular weight excluding hydrogens is 356 g/mol. The molecule has 3 atom stereocenters. The Hall–Kier alpha value is -2.17. The zero-order valence-corrected chi connectivity index (χ0v) is 15.1. The van der Waals surface area contributed by atoms with Gasteiger partial charge in [-0.2, -0.15) is 4.98 Å². The lowest BCUT2D eigenvalue weighted by Gasteiger charge is -2.40. The number of thioether (sulfide) groups is 1. The maximum Gasteiger partial charge on any atom is 0.272 e. The van der Waals surface area contributed by atoms with E-state index in [1.54, 1.807) is 4.68 Å². The average Bonchev–Trinajstić information content (AvgIpc) is 3.10. The van der Waals surface area contributed by atoms with Crippen molar-refractivity contribution in [3.05, 3.63) is 46.0 Å². The van der Waals surface area contributed by atoms with E-state index < -0.39 is 18.2 Å². The molecule has 3 unspecified atom stereocenters. The predicted molar refractivity (Wildman–Crippen MR) is 96.8 cm³/mol. The monoisotopic (exact) mass is 376 g/mol. The molecule has 1 aromatic carbocycles. The van der Waals surface area contributed by atoms with Crippen molar-refractivity contribution in [3.8, 4) is 0 Å². The third-order valence-corrected chi connectivity index (χ3v) is 5.34. The first-order valence-corrected chi connectivity index (χ1v) is 9.69. The van der Waals surface area contributed by atoms with Gasteiger partial charge in [-0.3, -0.25) is 15.0 Å². The van der Waals surface area contributed by atoms with Crippen molar-refractivity contribution < 1.29 is 9.66 Å². The van der Waals surface area contributed by atoms with E-state index in [0.29, 0.717) is 37.4 Å². The van der Waals surface area contributed by atoms with Crippen molar-refractivity contribution in [1.29, 1.82) is 0 Å². The first-order chi connectivity index (χ1) is 12.7. The highest BCUT2D eigenvalue weighted by Crippen LogP contribution is 2.38. The Bertz CT molecular complexity index is 780. The molecule has 138 valence electrons. The van der Waals surface area contributed by atoms with Crippen molar-refractivity contribution in [2.75, 3.05) is 37.9 Å². The fourth-order valence-electron chi connectivity index (χ4n) is 3.60. The molecule has 1 N–H and O–H groups in total. The minimum Gasteiger partial charge on any atom is -0.379 e. The molecule has 0 amide bonds. The number of nitrogens with one attached hydrogen (secondary N) is 1. The summed E-state index contributed by atoms with van der Waals surface area (Å²) in [5.41, 5.74) is 0.868. The van der Waals surface area contributed by atoms with E-state index >= 15 is 0 Å². The molecule has 9 nitrogen and oxygen atoms in total. The molecule has 0 saturated carbocycles. The second-order valence-electron chi connectivity index (χ2n) is 6.24. The van der Waals surface area contributed by atoms with Crippen LogP contribution in [0.4, 0.5) is 5.95 Å². The number of aromatic nitrogens is 3. The summed E-state index contributed by atoms with van der Waals surface area (Å²) in [7, 11) is 0. The van der Waals surface area contributed by atoms with E-state index in [4.69, 9.17) is 4.74 Å². The van der Waals surface area contributed by atoms with E-state index in [9.17, 15) is 10.1 Å². The van der Waals surface area contributed by atoms with E-state index in [1.165, 1.54) is 11.8 Å². The third kappa shape index (κ3) is 3.04. The summed E-state index contributed by atoms with van der Waals surface area (Å²) in [4.78, 5) is 18.5. The summed E-state index contributed by atoms with van der Waals surface area (Å²) < 4.78 is 7.11. The van der Waals surface area contributed by atoms with Crippen LogP contribution in [-0.4, -0.2) is 63.2 Å². The smallest absolute Gasteiger partial charge is 0.272 e. The Labute approximate surface area is 154 Å². The molecule has 0 bridgehead atoms. The van der Waals surface area contributed by atoms with Crippen molar-refractivity contribution in [1.82, 2.24) is 19.7 Å². The number of ether oxygens (including phenoxy) is 1. The van der Waals surface area contributed by atoms with E-state index in [1.807, 2.05) is 36.6 Å². The van der Waals surface area contributed by atoms with Crippen LogP contribution in [0.2, 0.25) is 0 Å². The summed E-state index contributed by atoms with van der Waals surface area (Å²) >= 11 is 1.42. The number of morpholine rings is 1. The lowest BCUT2D eigenvalue weighted by Crippen LogP contribution is -2.54. The number of rotatable bonds is 4. The van der Waals surface area contributed by atoms with Crippen LogP contribution in [0.25, 0.3) is 0 Å². The second-order valence-corrected chi connectivity index (χ2v) is 7.01. The molecule has 0 aliphatic carbocycles. The van der Waals surface area contributed by atoms with Crippen LogP contribution in [-0.2, 0) is 4.74 Å². The fraction of sp³-hybridized carbons (Fsp3) is 0.500. The Morgan fingerprint density at radius 2 is 2.04 bits per heavy atom. The zero-order chi connectivity index (χ0) is 18.1. The van der Waals surface area contributed by atoms with Crippen molar-refractivity contribution in [3.63, 3.8) is 0 Å². The first kappa shape index (κ1) is 17.3. The average molecular weight is 376 g/mol. The molecule has 26 heavy (non-hydrogen) atoms. The Kier molecular flexibility index (Phi) is 4.79. The second kappa shape index (κ2) is 7.22. The number of benzene rings is 1. The Morgan fingerprint density at radius 3 is 2.69 bits per heavy atom. The molecule has 2 aliphatic rings. The van der Waals surface area contributed by atoms with E-state index in [-0.39, 0.29) is 4.92 Å². The number of nitro groups is 1. The number of hydrogen-bond donors (Lipinski definition) is 1. The van der Waals surface area contributed by atoms with Gasteiger partial charge in [-0.25, -0.2) is 4.68 Å². The largest absolute Gasteiger partial charge is 0.379 e. The highest BCUT2D eigenvalue weighted by Gasteiger charge is 2.50. The maximum absolute atomic E-state index is 12.1. The highest BCUT2D eigenvalue weighted by atomic mass is 32.2. The van der Waals surface area contributed by atoms with Crippen molar-refractivity contribution >= 4 is 17.7 Å². The number of nitrogens with zero attached hydrogens (tertiary/aromatic N) is 5. The standard InChI is InChI=1S/C16H20N6O3S/c1-26-16-18-15-17-12(11-5-3-2-4-6-11)13(22(23)24)14(21(15)19-16)20-7-9-25-10-8-20/h2-6,12-14H,7-10H2,1H3,(H,17,18,19). The minimum atomic E-state index is -0.889. The van der Waals surface area contributed by atoms with Crippen LogP contribution in [0.5, 0.6) is 0 Å². The van der Waals surface area contributed by atoms with Gasteiger partial charge in [0.15, 0.2) is 6.17 Å². The summed E-state index contributed by atoms with van der Waals surface area (Å²) in [5, 5.41) is 20.5. The van der Waals surface area contributed by atoms with Crippen LogP contribution in [0.1, 0.15) is 17.8 Å². The van der Waals surface area contributed by atoms with Crippen LogP contribution in [0, 0.1) is 10.1 Å². The molecule has 0 radical (unpaired) electrons. The van der Waals surface area contributed by atoms with Gasteiger partial charge in [0.25, 0.3) is 6.04 Å². The predicted octanol–water partition coefficient (Wildman–Crippen LogP) is 1.64. The number of fused-ring (bicyclic) bond motifs is 1.